The first-order valence-corrected chi connectivity index (χ1v) is 7.28. The molecule has 0 unspecified atom stereocenters. The Balaban J connectivity index is 2.58. The van der Waals surface area contributed by atoms with Gasteiger partial charge >= 0.3 is 0 Å². The van der Waals surface area contributed by atoms with Crippen LogP contribution in [0.5, 0.6) is 0 Å². The third-order valence-corrected chi connectivity index (χ3v) is 3.25. The van der Waals surface area contributed by atoms with Gasteiger partial charge in [0.1, 0.15) is 10.8 Å². The molecular weight excluding hydrogens is 255 g/mol. The zero-order valence-corrected chi connectivity index (χ0v) is 11.5. The number of unbranched alkanes of at least 4 members (excludes halogenated alkanes) is 1. The van der Waals surface area contributed by atoms with Gasteiger partial charge in [-0.25, -0.2) is 4.39 Å². The number of benzene rings is 1. The van der Waals surface area contributed by atoms with E-state index in [2.05, 4.69) is 11.6 Å². The third kappa shape index (κ3) is 4.52. The lowest BCUT2D eigenvalue weighted by atomic mass is 10.1. The van der Waals surface area contributed by atoms with Gasteiger partial charge in [0.05, 0.1) is 5.56 Å². The van der Waals surface area contributed by atoms with E-state index in [0.717, 1.165) is 25.1 Å². The summed E-state index contributed by atoms with van der Waals surface area (Å²) >= 11 is 6.68. The maximum atomic E-state index is 13.5. The Hall–Kier alpha value is -0.810. The molecule has 2 nitrogen and oxygen atoms in total. The van der Waals surface area contributed by atoms with Crippen molar-refractivity contribution in [2.75, 3.05) is 23.9 Å². The number of hydrogen-bond acceptors (Lipinski definition) is 3. The smallest absolute Gasteiger partial charge is 0.135 e. The highest BCUT2D eigenvalue weighted by atomic mass is 32.2. The molecular formula is C12H17FN2S2. The number of halogens is 1. The van der Waals surface area contributed by atoms with Crippen LogP contribution in [0.3, 0.4) is 0 Å². The highest BCUT2D eigenvalue weighted by molar-refractivity contribution is 7.98. The van der Waals surface area contributed by atoms with Crippen molar-refractivity contribution in [3.63, 3.8) is 0 Å². The lowest BCUT2D eigenvalue weighted by Crippen LogP contribution is -2.15. The number of anilines is 1. The summed E-state index contributed by atoms with van der Waals surface area (Å²) in [6, 6.07) is 4.82. The van der Waals surface area contributed by atoms with Crippen LogP contribution in [-0.4, -0.2) is 23.5 Å². The molecule has 94 valence electrons. The molecule has 0 saturated heterocycles. The SMILES string of the molecule is CSCCCCNc1cccc(F)c1C(N)=S. The van der Waals surface area contributed by atoms with Gasteiger partial charge in [-0.05, 0) is 37.0 Å². The molecule has 0 radical (unpaired) electrons. The molecule has 1 aromatic carbocycles. The van der Waals surface area contributed by atoms with Crippen LogP contribution < -0.4 is 11.1 Å². The van der Waals surface area contributed by atoms with E-state index in [1.54, 1.807) is 12.1 Å². The van der Waals surface area contributed by atoms with Crippen LogP contribution in [0.4, 0.5) is 10.1 Å². The molecule has 0 aliphatic carbocycles. The summed E-state index contributed by atoms with van der Waals surface area (Å²) in [5.41, 5.74) is 6.51. The molecule has 17 heavy (non-hydrogen) atoms. The number of hydrogen-bond donors (Lipinski definition) is 2. The lowest BCUT2D eigenvalue weighted by Gasteiger charge is -2.11. The van der Waals surface area contributed by atoms with Crippen molar-refractivity contribution in [3.05, 3.63) is 29.6 Å². The predicted molar refractivity (Wildman–Crippen MR) is 78.4 cm³/mol. The van der Waals surface area contributed by atoms with Crippen LogP contribution in [0, 0.1) is 5.82 Å². The Labute approximate surface area is 111 Å². The molecule has 3 N–H and O–H groups in total. The van der Waals surface area contributed by atoms with Crippen molar-refractivity contribution in [3.8, 4) is 0 Å². The molecule has 0 aromatic heterocycles. The highest BCUT2D eigenvalue weighted by Gasteiger charge is 2.10. The minimum Gasteiger partial charge on any atom is -0.389 e. The molecule has 5 heteroatoms. The second-order valence-corrected chi connectivity index (χ2v) is 5.08. The Morgan fingerprint density at radius 1 is 1.47 bits per heavy atom. The molecule has 1 aromatic rings. The topological polar surface area (TPSA) is 38.0 Å². The van der Waals surface area contributed by atoms with E-state index in [0.29, 0.717) is 11.3 Å². The minimum atomic E-state index is -0.369. The van der Waals surface area contributed by atoms with Crippen LogP contribution in [0.15, 0.2) is 18.2 Å². The standard InChI is InChI=1S/C12H17FN2S2/c1-17-8-3-2-7-15-10-6-4-5-9(13)11(10)12(14)16/h4-6,15H,2-3,7-8H2,1H3,(H2,14,16). The molecule has 0 saturated carbocycles. The molecule has 0 aliphatic heterocycles. The Morgan fingerprint density at radius 2 is 2.24 bits per heavy atom. The summed E-state index contributed by atoms with van der Waals surface area (Å²) < 4.78 is 13.5. The van der Waals surface area contributed by atoms with E-state index in [1.807, 2.05) is 11.8 Å². The normalized spacial score (nSPS) is 10.2. The average molecular weight is 272 g/mol. The zero-order chi connectivity index (χ0) is 12.7. The van der Waals surface area contributed by atoms with Crippen LogP contribution >= 0.6 is 24.0 Å². The molecule has 0 amide bonds. The number of thioether (sulfide) groups is 1. The monoisotopic (exact) mass is 272 g/mol. The van der Waals surface area contributed by atoms with Crippen molar-refractivity contribution >= 4 is 34.7 Å². The van der Waals surface area contributed by atoms with Crippen molar-refractivity contribution in [1.29, 1.82) is 0 Å². The fourth-order valence-electron chi connectivity index (χ4n) is 1.52. The molecule has 0 fully saturated rings. The van der Waals surface area contributed by atoms with Crippen molar-refractivity contribution in [1.82, 2.24) is 0 Å². The number of nitrogens with one attached hydrogen (secondary N) is 1. The minimum absolute atomic E-state index is 0.0923. The summed E-state index contributed by atoms with van der Waals surface area (Å²) in [5, 5.41) is 3.18. The Kier molecular flexibility index (Phi) is 6.29. The number of thiocarbonyl (C=S) groups is 1. The molecule has 0 aliphatic rings. The first-order chi connectivity index (χ1) is 8.16. The van der Waals surface area contributed by atoms with Crippen molar-refractivity contribution in [2.45, 2.75) is 12.8 Å². The van der Waals surface area contributed by atoms with E-state index >= 15 is 0 Å². The average Bonchev–Trinajstić information content (AvgIpc) is 2.28. The van der Waals surface area contributed by atoms with Gasteiger partial charge in [0, 0.05) is 12.2 Å². The van der Waals surface area contributed by atoms with Gasteiger partial charge < -0.3 is 11.1 Å². The molecule has 1 rings (SSSR count). The van der Waals surface area contributed by atoms with Gasteiger partial charge in [0.2, 0.25) is 0 Å². The van der Waals surface area contributed by atoms with Gasteiger partial charge in [-0.3, -0.25) is 0 Å². The summed E-state index contributed by atoms with van der Waals surface area (Å²) in [6.45, 7) is 0.805. The Bertz CT molecular complexity index is 383. The molecule has 0 bridgehead atoms. The first-order valence-electron chi connectivity index (χ1n) is 5.48. The summed E-state index contributed by atoms with van der Waals surface area (Å²) in [7, 11) is 0. The Morgan fingerprint density at radius 3 is 2.88 bits per heavy atom. The largest absolute Gasteiger partial charge is 0.389 e. The quantitative estimate of drug-likeness (QED) is 0.591. The first kappa shape index (κ1) is 14.3. The lowest BCUT2D eigenvalue weighted by molar-refractivity contribution is 0.626. The molecule has 0 spiro atoms. The predicted octanol–water partition coefficient (Wildman–Crippen LogP) is 3.02. The van der Waals surface area contributed by atoms with E-state index in [-0.39, 0.29) is 10.8 Å². The zero-order valence-electron chi connectivity index (χ0n) is 9.83. The second kappa shape index (κ2) is 7.50. The number of rotatable bonds is 7. The van der Waals surface area contributed by atoms with Gasteiger partial charge in [0.25, 0.3) is 0 Å². The maximum Gasteiger partial charge on any atom is 0.135 e. The van der Waals surface area contributed by atoms with Crippen molar-refractivity contribution in [2.24, 2.45) is 5.73 Å². The summed E-state index contributed by atoms with van der Waals surface area (Å²) in [5.74, 6) is 0.777. The van der Waals surface area contributed by atoms with Crippen molar-refractivity contribution < 1.29 is 4.39 Å². The van der Waals surface area contributed by atoms with Crippen LogP contribution in [0.25, 0.3) is 0 Å². The van der Waals surface area contributed by atoms with E-state index in [4.69, 9.17) is 18.0 Å². The van der Waals surface area contributed by atoms with E-state index < -0.39 is 0 Å². The van der Waals surface area contributed by atoms with E-state index in [1.165, 1.54) is 6.07 Å². The van der Waals surface area contributed by atoms with Crippen LogP contribution in [-0.2, 0) is 0 Å². The van der Waals surface area contributed by atoms with Crippen LogP contribution in [0.2, 0.25) is 0 Å². The molecule has 0 atom stereocenters. The maximum absolute atomic E-state index is 13.5. The van der Waals surface area contributed by atoms with Gasteiger partial charge in [-0.1, -0.05) is 18.3 Å². The summed E-state index contributed by atoms with van der Waals surface area (Å²) in [6.07, 6.45) is 4.28. The fraction of sp³-hybridized carbons (Fsp3) is 0.417. The van der Waals surface area contributed by atoms with Gasteiger partial charge in [0.15, 0.2) is 0 Å². The van der Waals surface area contributed by atoms with Gasteiger partial charge in [-0.2, -0.15) is 11.8 Å². The fourth-order valence-corrected chi connectivity index (χ4v) is 2.22. The van der Waals surface area contributed by atoms with Gasteiger partial charge in [-0.15, -0.1) is 0 Å². The highest BCUT2D eigenvalue weighted by Crippen LogP contribution is 2.18. The second-order valence-electron chi connectivity index (χ2n) is 3.65. The van der Waals surface area contributed by atoms with E-state index in [9.17, 15) is 4.39 Å². The summed E-state index contributed by atoms with van der Waals surface area (Å²) in [4.78, 5) is 0.0923. The van der Waals surface area contributed by atoms with Crippen LogP contribution in [0.1, 0.15) is 18.4 Å². The third-order valence-electron chi connectivity index (χ3n) is 2.35. The number of nitrogens with two attached hydrogens (primary N) is 1. The molecule has 0 heterocycles.